The molecule has 0 aliphatic carbocycles. The van der Waals surface area contributed by atoms with Crippen molar-refractivity contribution in [3.63, 3.8) is 0 Å². The van der Waals surface area contributed by atoms with E-state index >= 15 is 0 Å². The average Bonchev–Trinajstić information content (AvgIpc) is 3.17. The van der Waals surface area contributed by atoms with Gasteiger partial charge in [0.05, 0.1) is 24.8 Å². The molecular formula is C22H30ClN3O4. The number of piperazine rings is 1. The van der Waals surface area contributed by atoms with Gasteiger partial charge in [-0.3, -0.25) is 14.5 Å². The average molecular weight is 436 g/mol. The zero-order valence-corrected chi connectivity index (χ0v) is 18.2. The van der Waals surface area contributed by atoms with Gasteiger partial charge >= 0.3 is 0 Å². The number of halogens is 1. The Morgan fingerprint density at radius 2 is 1.53 bits per heavy atom. The van der Waals surface area contributed by atoms with Crippen molar-refractivity contribution >= 4 is 23.4 Å². The predicted octanol–water partition coefficient (Wildman–Crippen LogP) is 2.66. The Morgan fingerprint density at radius 3 is 2.27 bits per heavy atom. The van der Waals surface area contributed by atoms with Gasteiger partial charge in [-0.1, -0.05) is 24.4 Å². The number of hydrogen-bond donors (Lipinski definition) is 0. The summed E-state index contributed by atoms with van der Waals surface area (Å²) in [6.07, 6.45) is 5.42. The number of carbonyl (C=O) groups excluding carboxylic acids is 2. The molecule has 1 aromatic carbocycles. The first-order valence-electron chi connectivity index (χ1n) is 11.0. The van der Waals surface area contributed by atoms with Crippen LogP contribution in [0.25, 0.3) is 0 Å². The summed E-state index contributed by atoms with van der Waals surface area (Å²) in [5.41, 5.74) is 0.512. The normalized spacial score (nSPS) is 20.4. The highest BCUT2D eigenvalue weighted by Crippen LogP contribution is 2.38. The quantitative estimate of drug-likeness (QED) is 0.730. The second kappa shape index (κ2) is 9.88. The van der Waals surface area contributed by atoms with Crippen LogP contribution in [0.2, 0.25) is 5.02 Å². The van der Waals surface area contributed by atoms with Crippen LogP contribution in [0.4, 0.5) is 0 Å². The maximum Gasteiger partial charge on any atom is 0.254 e. The molecule has 3 heterocycles. The summed E-state index contributed by atoms with van der Waals surface area (Å²) >= 11 is 6.34. The van der Waals surface area contributed by atoms with Crippen LogP contribution in [0.5, 0.6) is 11.5 Å². The van der Waals surface area contributed by atoms with Crippen LogP contribution in [0.1, 0.15) is 42.5 Å². The second-order valence-electron chi connectivity index (χ2n) is 8.20. The lowest BCUT2D eigenvalue weighted by atomic mass is 10.1. The van der Waals surface area contributed by atoms with Gasteiger partial charge in [0.2, 0.25) is 5.91 Å². The molecular weight excluding hydrogens is 406 g/mol. The summed E-state index contributed by atoms with van der Waals surface area (Å²) in [7, 11) is 0. The van der Waals surface area contributed by atoms with Crippen molar-refractivity contribution in [3.8, 4) is 11.5 Å². The van der Waals surface area contributed by atoms with E-state index in [0.29, 0.717) is 68.0 Å². The third kappa shape index (κ3) is 5.01. The standard InChI is InChI=1S/C22H30ClN3O4/c23-18-14-17(15-19-21(18)30-13-5-12-29-19)22(28)26-10-8-24(9-11-26)16-20(27)25-6-3-1-2-4-7-25/h14-15H,1-13,16H2. The molecule has 2 fully saturated rings. The van der Waals surface area contributed by atoms with Gasteiger partial charge in [0.1, 0.15) is 0 Å². The molecule has 2 amide bonds. The van der Waals surface area contributed by atoms with E-state index in [4.69, 9.17) is 21.1 Å². The minimum Gasteiger partial charge on any atom is -0.489 e. The van der Waals surface area contributed by atoms with Crippen molar-refractivity contribution in [3.05, 3.63) is 22.7 Å². The van der Waals surface area contributed by atoms with Gasteiger partial charge in [-0.25, -0.2) is 0 Å². The minimum absolute atomic E-state index is 0.0639. The first-order valence-corrected chi connectivity index (χ1v) is 11.4. The van der Waals surface area contributed by atoms with Crippen LogP contribution in [0.15, 0.2) is 12.1 Å². The number of nitrogens with zero attached hydrogens (tertiary/aromatic N) is 3. The maximum absolute atomic E-state index is 13.0. The first-order chi connectivity index (χ1) is 14.6. The number of likely N-dealkylation sites (tertiary alicyclic amines) is 1. The highest BCUT2D eigenvalue weighted by Gasteiger charge is 2.27. The molecule has 8 heteroatoms. The lowest BCUT2D eigenvalue weighted by Crippen LogP contribution is -2.51. The molecule has 0 N–H and O–H groups in total. The fraction of sp³-hybridized carbons (Fsp3) is 0.636. The summed E-state index contributed by atoms with van der Waals surface area (Å²) in [4.78, 5) is 31.6. The Bertz CT molecular complexity index is 772. The SMILES string of the molecule is O=C(CN1CCN(C(=O)c2cc(Cl)c3c(c2)OCCCO3)CC1)N1CCCCCC1. The maximum atomic E-state index is 13.0. The van der Waals surface area contributed by atoms with E-state index in [2.05, 4.69) is 4.90 Å². The minimum atomic E-state index is -0.0639. The Balaban J connectivity index is 1.33. The van der Waals surface area contributed by atoms with Gasteiger partial charge in [-0.2, -0.15) is 0 Å². The van der Waals surface area contributed by atoms with Crippen LogP contribution in [-0.2, 0) is 4.79 Å². The largest absolute Gasteiger partial charge is 0.489 e. The lowest BCUT2D eigenvalue weighted by molar-refractivity contribution is -0.132. The predicted molar refractivity (Wildman–Crippen MR) is 114 cm³/mol. The Labute approximate surface area is 182 Å². The third-order valence-electron chi connectivity index (χ3n) is 6.03. The van der Waals surface area contributed by atoms with E-state index in [-0.39, 0.29) is 11.8 Å². The van der Waals surface area contributed by atoms with Gasteiger partial charge in [0.25, 0.3) is 5.91 Å². The van der Waals surface area contributed by atoms with Crippen molar-refractivity contribution in [1.82, 2.24) is 14.7 Å². The molecule has 0 radical (unpaired) electrons. The molecule has 164 valence electrons. The van der Waals surface area contributed by atoms with E-state index in [0.717, 1.165) is 32.4 Å². The summed E-state index contributed by atoms with van der Waals surface area (Å²) in [5, 5.41) is 0.402. The highest BCUT2D eigenvalue weighted by molar-refractivity contribution is 6.32. The summed E-state index contributed by atoms with van der Waals surface area (Å²) in [6.45, 7) is 5.88. The number of amides is 2. The van der Waals surface area contributed by atoms with Gasteiger partial charge in [-0.15, -0.1) is 0 Å². The molecule has 3 aliphatic heterocycles. The number of benzene rings is 1. The molecule has 3 aliphatic rings. The van der Waals surface area contributed by atoms with Crippen molar-refractivity contribution in [2.24, 2.45) is 0 Å². The Hall–Kier alpha value is -1.99. The zero-order valence-electron chi connectivity index (χ0n) is 17.4. The van der Waals surface area contributed by atoms with E-state index in [1.54, 1.807) is 12.1 Å². The molecule has 0 saturated carbocycles. The molecule has 1 aromatic rings. The van der Waals surface area contributed by atoms with Gasteiger partial charge in [-0.05, 0) is 25.0 Å². The van der Waals surface area contributed by atoms with E-state index in [9.17, 15) is 9.59 Å². The van der Waals surface area contributed by atoms with Crippen molar-refractivity contribution in [2.75, 3.05) is 59.0 Å². The Kier molecular flexibility index (Phi) is 7.00. The number of ether oxygens (including phenoxy) is 2. The van der Waals surface area contributed by atoms with E-state index < -0.39 is 0 Å². The fourth-order valence-electron chi connectivity index (χ4n) is 4.26. The molecule has 30 heavy (non-hydrogen) atoms. The lowest BCUT2D eigenvalue weighted by Gasteiger charge is -2.35. The summed E-state index contributed by atoms with van der Waals surface area (Å²) < 4.78 is 11.3. The monoisotopic (exact) mass is 435 g/mol. The molecule has 0 spiro atoms. The van der Waals surface area contributed by atoms with Crippen LogP contribution in [-0.4, -0.2) is 85.5 Å². The van der Waals surface area contributed by atoms with Crippen LogP contribution in [0, 0.1) is 0 Å². The van der Waals surface area contributed by atoms with Crippen molar-refractivity contribution in [2.45, 2.75) is 32.1 Å². The van der Waals surface area contributed by atoms with Crippen molar-refractivity contribution in [1.29, 1.82) is 0 Å². The molecule has 0 bridgehead atoms. The topological polar surface area (TPSA) is 62.3 Å². The number of hydrogen-bond acceptors (Lipinski definition) is 5. The first kappa shape index (κ1) is 21.2. The molecule has 0 aromatic heterocycles. The molecule has 0 atom stereocenters. The smallest absolute Gasteiger partial charge is 0.254 e. The molecule has 2 saturated heterocycles. The summed E-state index contributed by atoms with van der Waals surface area (Å²) in [5.74, 6) is 1.20. The second-order valence-corrected chi connectivity index (χ2v) is 8.61. The van der Waals surface area contributed by atoms with Crippen LogP contribution in [0.3, 0.4) is 0 Å². The van der Waals surface area contributed by atoms with E-state index in [1.165, 1.54) is 12.8 Å². The van der Waals surface area contributed by atoms with Gasteiger partial charge in [0.15, 0.2) is 11.5 Å². The number of carbonyl (C=O) groups is 2. The third-order valence-corrected chi connectivity index (χ3v) is 6.31. The van der Waals surface area contributed by atoms with Crippen LogP contribution >= 0.6 is 11.6 Å². The fourth-order valence-corrected chi connectivity index (χ4v) is 4.52. The molecule has 0 unspecified atom stereocenters. The van der Waals surface area contributed by atoms with Gasteiger partial charge in [0, 0.05) is 51.3 Å². The molecule has 4 rings (SSSR count). The molecule has 7 nitrogen and oxygen atoms in total. The number of rotatable bonds is 3. The van der Waals surface area contributed by atoms with Gasteiger partial charge < -0.3 is 19.3 Å². The van der Waals surface area contributed by atoms with Crippen LogP contribution < -0.4 is 9.47 Å². The number of fused-ring (bicyclic) bond motifs is 1. The highest BCUT2D eigenvalue weighted by atomic mass is 35.5. The van der Waals surface area contributed by atoms with E-state index in [1.807, 2.05) is 9.80 Å². The zero-order chi connectivity index (χ0) is 20.9. The van der Waals surface area contributed by atoms with Crippen molar-refractivity contribution < 1.29 is 19.1 Å². The Morgan fingerprint density at radius 1 is 0.833 bits per heavy atom. The summed E-state index contributed by atoms with van der Waals surface area (Å²) in [6, 6.07) is 3.39.